The standard InChI is InChI=1S/C17H21ClN2O2/c18-16-13-3-1-2-4-14(13)19-15(16)8-20-7-12-5-6-22-11-17(12,9-20)10-21/h1-4,12,19,21H,5-11H2/t12-,17+/m0/s1. The summed E-state index contributed by atoms with van der Waals surface area (Å²) < 4.78 is 5.63. The largest absolute Gasteiger partial charge is 0.396 e. The van der Waals surface area contributed by atoms with Gasteiger partial charge >= 0.3 is 0 Å². The summed E-state index contributed by atoms with van der Waals surface area (Å²) in [5, 5.41) is 11.8. The molecule has 3 heterocycles. The van der Waals surface area contributed by atoms with Crippen LogP contribution in [-0.2, 0) is 11.3 Å². The van der Waals surface area contributed by atoms with Gasteiger partial charge in [0.25, 0.3) is 0 Å². The molecule has 2 fully saturated rings. The minimum Gasteiger partial charge on any atom is -0.396 e. The summed E-state index contributed by atoms with van der Waals surface area (Å²) in [5.41, 5.74) is 2.06. The van der Waals surface area contributed by atoms with E-state index in [1.807, 2.05) is 18.2 Å². The number of H-pyrrole nitrogens is 1. The minimum absolute atomic E-state index is 0.0866. The maximum atomic E-state index is 9.86. The number of benzene rings is 1. The molecule has 0 unspecified atom stereocenters. The maximum Gasteiger partial charge on any atom is 0.0705 e. The van der Waals surface area contributed by atoms with Gasteiger partial charge < -0.3 is 14.8 Å². The van der Waals surface area contributed by atoms with Crippen LogP contribution in [0.2, 0.25) is 5.02 Å². The van der Waals surface area contributed by atoms with E-state index in [9.17, 15) is 5.11 Å². The van der Waals surface area contributed by atoms with Crippen molar-refractivity contribution in [2.75, 3.05) is 32.9 Å². The summed E-state index contributed by atoms with van der Waals surface area (Å²) >= 11 is 6.53. The van der Waals surface area contributed by atoms with Crippen molar-refractivity contribution in [1.82, 2.24) is 9.88 Å². The van der Waals surface area contributed by atoms with Crippen molar-refractivity contribution in [3.8, 4) is 0 Å². The Labute approximate surface area is 135 Å². The van der Waals surface area contributed by atoms with E-state index >= 15 is 0 Å². The fraction of sp³-hybridized carbons (Fsp3) is 0.529. The second-order valence-electron chi connectivity index (χ2n) is 6.69. The lowest BCUT2D eigenvalue weighted by Crippen LogP contribution is -2.42. The van der Waals surface area contributed by atoms with Crippen LogP contribution in [0.15, 0.2) is 24.3 Å². The van der Waals surface area contributed by atoms with Gasteiger partial charge in [0.05, 0.1) is 18.2 Å². The number of likely N-dealkylation sites (tertiary alicyclic amines) is 1. The molecule has 1 aromatic heterocycles. The first kappa shape index (κ1) is 14.5. The molecule has 2 saturated heterocycles. The van der Waals surface area contributed by atoms with E-state index in [2.05, 4.69) is 16.0 Å². The van der Waals surface area contributed by atoms with Gasteiger partial charge in [-0.2, -0.15) is 0 Å². The smallest absolute Gasteiger partial charge is 0.0705 e. The van der Waals surface area contributed by atoms with Crippen LogP contribution in [0.25, 0.3) is 10.9 Å². The molecule has 0 radical (unpaired) electrons. The van der Waals surface area contributed by atoms with Gasteiger partial charge in [0.1, 0.15) is 0 Å². The summed E-state index contributed by atoms with van der Waals surface area (Å²) in [6.07, 6.45) is 1.04. The molecule has 0 amide bonds. The van der Waals surface area contributed by atoms with E-state index in [1.54, 1.807) is 0 Å². The Morgan fingerprint density at radius 3 is 3.05 bits per heavy atom. The van der Waals surface area contributed by atoms with Gasteiger partial charge in [-0.05, 0) is 18.4 Å². The number of hydrogen-bond donors (Lipinski definition) is 2. The summed E-state index contributed by atoms with van der Waals surface area (Å²) in [6.45, 7) is 4.37. The van der Waals surface area contributed by atoms with Crippen molar-refractivity contribution < 1.29 is 9.84 Å². The van der Waals surface area contributed by atoms with Gasteiger partial charge in [0.15, 0.2) is 0 Å². The SMILES string of the molecule is OC[C@]12COCC[C@H]1CN(Cc1[nH]c3ccccc3c1Cl)C2. The highest BCUT2D eigenvalue weighted by Gasteiger charge is 2.48. The highest BCUT2D eigenvalue weighted by Crippen LogP contribution is 2.42. The van der Waals surface area contributed by atoms with Crippen LogP contribution in [0.4, 0.5) is 0 Å². The van der Waals surface area contributed by atoms with E-state index in [0.717, 1.165) is 54.3 Å². The highest BCUT2D eigenvalue weighted by atomic mass is 35.5. The lowest BCUT2D eigenvalue weighted by atomic mass is 9.76. The number of rotatable bonds is 3. The van der Waals surface area contributed by atoms with E-state index in [4.69, 9.17) is 16.3 Å². The number of ether oxygens (including phenoxy) is 1. The van der Waals surface area contributed by atoms with Crippen molar-refractivity contribution in [3.05, 3.63) is 35.0 Å². The summed E-state index contributed by atoms with van der Waals surface area (Å²) in [7, 11) is 0. The van der Waals surface area contributed by atoms with Crippen molar-refractivity contribution in [2.45, 2.75) is 13.0 Å². The number of nitrogens with zero attached hydrogens (tertiary/aromatic N) is 1. The lowest BCUT2D eigenvalue weighted by Gasteiger charge is -2.36. The molecule has 4 nitrogen and oxygen atoms in total. The Balaban J connectivity index is 1.57. The summed E-state index contributed by atoms with van der Waals surface area (Å²) in [4.78, 5) is 5.83. The first-order valence-corrected chi connectivity index (χ1v) is 8.26. The molecule has 0 spiro atoms. The predicted octanol–water partition coefficient (Wildman–Crippen LogP) is 2.65. The normalized spacial score (nSPS) is 29.1. The van der Waals surface area contributed by atoms with E-state index < -0.39 is 0 Å². The number of halogens is 1. The van der Waals surface area contributed by atoms with Crippen LogP contribution in [0.5, 0.6) is 0 Å². The molecule has 0 bridgehead atoms. The van der Waals surface area contributed by atoms with Crippen molar-refractivity contribution in [1.29, 1.82) is 0 Å². The van der Waals surface area contributed by atoms with E-state index in [0.29, 0.717) is 12.5 Å². The van der Waals surface area contributed by atoms with E-state index in [1.165, 1.54) is 0 Å². The molecule has 2 N–H and O–H groups in total. The van der Waals surface area contributed by atoms with E-state index in [-0.39, 0.29) is 12.0 Å². The molecule has 2 aliphatic heterocycles. The average molecular weight is 321 g/mol. The van der Waals surface area contributed by atoms with Gasteiger partial charge in [-0.25, -0.2) is 0 Å². The topological polar surface area (TPSA) is 48.5 Å². The van der Waals surface area contributed by atoms with Gasteiger partial charge in [-0.15, -0.1) is 0 Å². The third-order valence-electron chi connectivity index (χ3n) is 5.29. The van der Waals surface area contributed by atoms with Crippen LogP contribution in [0, 0.1) is 11.3 Å². The van der Waals surface area contributed by atoms with Gasteiger partial charge in [0.2, 0.25) is 0 Å². The Hall–Kier alpha value is -1.07. The van der Waals surface area contributed by atoms with Crippen molar-refractivity contribution in [2.24, 2.45) is 11.3 Å². The minimum atomic E-state index is -0.0866. The molecule has 1 aromatic carbocycles. The first-order chi connectivity index (χ1) is 10.7. The zero-order valence-corrected chi connectivity index (χ0v) is 13.3. The Kier molecular flexibility index (Phi) is 3.65. The number of aliphatic hydroxyl groups excluding tert-OH is 1. The third-order valence-corrected chi connectivity index (χ3v) is 5.73. The molecule has 0 aliphatic carbocycles. The molecule has 4 rings (SSSR count). The second kappa shape index (κ2) is 5.53. The third kappa shape index (κ3) is 2.26. The van der Waals surface area contributed by atoms with Crippen LogP contribution in [0.3, 0.4) is 0 Å². The monoisotopic (exact) mass is 320 g/mol. The predicted molar refractivity (Wildman–Crippen MR) is 87.0 cm³/mol. The first-order valence-electron chi connectivity index (χ1n) is 7.88. The Morgan fingerprint density at radius 1 is 1.41 bits per heavy atom. The Bertz CT molecular complexity index is 686. The molecule has 118 valence electrons. The van der Waals surface area contributed by atoms with Crippen molar-refractivity contribution in [3.63, 3.8) is 0 Å². The number of nitrogens with one attached hydrogen (secondary N) is 1. The van der Waals surface area contributed by atoms with Crippen LogP contribution < -0.4 is 0 Å². The van der Waals surface area contributed by atoms with Crippen molar-refractivity contribution >= 4 is 22.5 Å². The van der Waals surface area contributed by atoms with Gasteiger partial charge in [-0.1, -0.05) is 29.8 Å². The number of aromatic nitrogens is 1. The lowest BCUT2D eigenvalue weighted by molar-refractivity contribution is -0.0561. The molecular formula is C17H21ClN2O2. The van der Waals surface area contributed by atoms with Gasteiger partial charge in [-0.3, -0.25) is 4.90 Å². The number of fused-ring (bicyclic) bond motifs is 2. The summed E-state index contributed by atoms with van der Waals surface area (Å²) in [5.74, 6) is 0.523. The number of hydrogen-bond acceptors (Lipinski definition) is 3. The molecule has 2 aromatic rings. The summed E-state index contributed by atoms with van der Waals surface area (Å²) in [6, 6.07) is 8.12. The molecule has 5 heteroatoms. The number of aliphatic hydroxyl groups is 1. The second-order valence-corrected chi connectivity index (χ2v) is 7.07. The van der Waals surface area contributed by atoms with Crippen LogP contribution in [0.1, 0.15) is 12.1 Å². The maximum absolute atomic E-state index is 9.86. The number of aromatic amines is 1. The average Bonchev–Trinajstić information content (AvgIpc) is 3.07. The molecule has 2 atom stereocenters. The highest BCUT2D eigenvalue weighted by molar-refractivity contribution is 6.36. The van der Waals surface area contributed by atoms with Crippen LogP contribution in [-0.4, -0.2) is 47.9 Å². The van der Waals surface area contributed by atoms with Crippen LogP contribution >= 0.6 is 11.6 Å². The molecule has 2 aliphatic rings. The fourth-order valence-corrected chi connectivity index (χ4v) is 4.32. The fourth-order valence-electron chi connectivity index (χ4n) is 4.05. The Morgan fingerprint density at radius 2 is 2.27 bits per heavy atom. The number of para-hydroxylation sites is 1. The zero-order chi connectivity index (χ0) is 15.2. The van der Waals surface area contributed by atoms with Gasteiger partial charge in [0, 0.05) is 48.3 Å². The quantitative estimate of drug-likeness (QED) is 0.914. The molecule has 22 heavy (non-hydrogen) atoms. The molecular weight excluding hydrogens is 300 g/mol. The molecule has 0 saturated carbocycles. The zero-order valence-electron chi connectivity index (χ0n) is 12.5.